The molecular weight excluding hydrogens is 481 g/mol. The monoisotopic (exact) mass is 519 g/mol. The summed E-state index contributed by atoms with van der Waals surface area (Å²) in [6, 6.07) is 12.9. The Morgan fingerprint density at radius 3 is 2.63 bits per heavy atom. The molecule has 1 aromatic heterocycles. The Morgan fingerprint density at radius 2 is 1.95 bits per heavy atom. The van der Waals surface area contributed by atoms with Gasteiger partial charge in [-0.05, 0) is 88.9 Å². The number of aromatic nitrogens is 1. The number of benzene rings is 2. The summed E-state index contributed by atoms with van der Waals surface area (Å²) in [5.74, 6) is 0.600. The van der Waals surface area contributed by atoms with Gasteiger partial charge in [0.2, 0.25) is 0 Å². The fourth-order valence-electron chi connectivity index (χ4n) is 3.61. The van der Waals surface area contributed by atoms with Crippen molar-refractivity contribution in [2.24, 2.45) is 10.7 Å². The summed E-state index contributed by atoms with van der Waals surface area (Å²) < 4.78 is 26.7. The molecule has 0 unspecified atom stereocenters. The fourth-order valence-corrected chi connectivity index (χ4v) is 3.61. The summed E-state index contributed by atoms with van der Waals surface area (Å²) in [6.07, 6.45) is 5.15. The topological polar surface area (TPSA) is 106 Å². The second-order valence-electron chi connectivity index (χ2n) is 10.6. The maximum atomic E-state index is 15.0. The first-order valence-corrected chi connectivity index (χ1v) is 12.5. The number of allylic oxidation sites excluding steroid dienone is 1. The molecule has 3 N–H and O–H groups in total. The van der Waals surface area contributed by atoms with E-state index < -0.39 is 5.41 Å². The number of fused-ring (bicyclic) bond motifs is 1. The molecule has 0 aliphatic heterocycles. The average Bonchev–Trinajstić information content (AvgIpc) is 2.87. The quantitative estimate of drug-likeness (QED) is 0.185. The van der Waals surface area contributed by atoms with E-state index in [4.69, 9.17) is 15.2 Å². The molecule has 202 valence electrons. The van der Waals surface area contributed by atoms with E-state index in [1.165, 1.54) is 12.3 Å². The van der Waals surface area contributed by atoms with Crippen LogP contribution in [0.2, 0.25) is 0 Å². The molecule has 0 saturated heterocycles. The molecular formula is C30H38FN5O2. The van der Waals surface area contributed by atoms with Crippen LogP contribution in [0.25, 0.3) is 10.9 Å². The van der Waals surface area contributed by atoms with Gasteiger partial charge in [-0.15, -0.1) is 0 Å². The third-order valence-electron chi connectivity index (χ3n) is 5.93. The van der Waals surface area contributed by atoms with E-state index in [1.54, 1.807) is 24.5 Å². The number of aliphatic imine (C=N–C) groups is 1. The number of ether oxygens (including phenoxy) is 2. The lowest BCUT2D eigenvalue weighted by Gasteiger charge is -2.18. The number of pyridine rings is 1. The van der Waals surface area contributed by atoms with Gasteiger partial charge in [-0.3, -0.25) is 9.98 Å². The van der Waals surface area contributed by atoms with Crippen LogP contribution < -0.4 is 15.8 Å². The van der Waals surface area contributed by atoms with Crippen molar-refractivity contribution < 1.29 is 15.3 Å². The fraction of sp³-hybridized carbons (Fsp3) is 0.367. The number of nitrogens with two attached hydrogens (primary N) is 1. The third-order valence-corrected chi connectivity index (χ3v) is 5.93. The number of halogens is 1. The molecule has 0 amide bonds. The minimum Gasteiger partial charge on any atom is -0.456 e. The van der Waals surface area contributed by atoms with Gasteiger partial charge in [0.05, 0.1) is 34.8 Å². The van der Waals surface area contributed by atoms with E-state index in [2.05, 4.69) is 21.4 Å². The van der Waals surface area contributed by atoms with Gasteiger partial charge in [0.25, 0.3) is 0 Å². The van der Waals surface area contributed by atoms with Crippen molar-refractivity contribution in [2.45, 2.75) is 58.9 Å². The van der Waals surface area contributed by atoms with Crippen molar-refractivity contribution in [1.82, 2.24) is 10.3 Å². The molecule has 1 heterocycles. The number of nitriles is 1. The summed E-state index contributed by atoms with van der Waals surface area (Å²) in [6.45, 7) is 12.1. The molecule has 0 spiro atoms. The molecule has 0 fully saturated rings. The number of hydrogen-bond acceptors (Lipinski definition) is 7. The summed E-state index contributed by atoms with van der Waals surface area (Å²) >= 11 is 0. The predicted molar refractivity (Wildman–Crippen MR) is 152 cm³/mol. The maximum Gasteiger partial charge on any atom is 0.138 e. The van der Waals surface area contributed by atoms with Gasteiger partial charge >= 0.3 is 0 Å². The van der Waals surface area contributed by atoms with Crippen LogP contribution in [0.15, 0.2) is 59.5 Å². The van der Waals surface area contributed by atoms with E-state index in [1.807, 2.05) is 59.7 Å². The minimum absolute atomic E-state index is 0. The van der Waals surface area contributed by atoms with Crippen molar-refractivity contribution in [3.05, 3.63) is 77.0 Å². The van der Waals surface area contributed by atoms with Crippen LogP contribution in [0.5, 0.6) is 11.5 Å². The SMILES string of the molecule is Cc1cc(CCOCN/C(C=NC(C)(C)C)=C/N)c(F)cc1Oc1ccnc2ccc(C(C)(C)C#N)cc12.[HH]. The smallest absolute Gasteiger partial charge is 0.138 e. The second-order valence-corrected chi connectivity index (χ2v) is 10.6. The number of aryl methyl sites for hydroxylation is 1. The molecule has 8 heteroatoms. The van der Waals surface area contributed by atoms with E-state index in [9.17, 15) is 9.65 Å². The molecule has 0 aliphatic carbocycles. The Balaban J connectivity index is 0.00000533. The number of hydrogen-bond donors (Lipinski definition) is 2. The Morgan fingerprint density at radius 1 is 1.18 bits per heavy atom. The highest BCUT2D eigenvalue weighted by Gasteiger charge is 2.21. The van der Waals surface area contributed by atoms with Crippen molar-refractivity contribution >= 4 is 17.1 Å². The Kier molecular flexibility index (Phi) is 9.08. The Bertz CT molecular complexity index is 1390. The number of nitrogens with zero attached hydrogens (tertiary/aromatic N) is 3. The van der Waals surface area contributed by atoms with Crippen LogP contribution >= 0.6 is 0 Å². The molecule has 0 radical (unpaired) electrons. The van der Waals surface area contributed by atoms with Crippen LogP contribution in [0.4, 0.5) is 4.39 Å². The van der Waals surface area contributed by atoms with Gasteiger partial charge in [-0.1, -0.05) is 6.07 Å². The standard InChI is InChI=1S/C30H36FN5O2.H2/c1-20-13-21(10-12-37-19-35-23(16-32)17-36-29(2,3)4)25(31)15-28(20)38-27-9-11-34-26-8-7-22(14-24(26)27)30(5,6)18-33;/h7-9,11,13-17,35H,10,12,19,32H2,1-6H3;1H/b23-16+,36-17?;. The molecule has 0 aliphatic rings. The Labute approximate surface area is 225 Å². The van der Waals surface area contributed by atoms with E-state index in [0.29, 0.717) is 35.8 Å². The Hall–Kier alpha value is -3.96. The van der Waals surface area contributed by atoms with Gasteiger partial charge < -0.3 is 20.5 Å². The summed E-state index contributed by atoms with van der Waals surface area (Å²) in [7, 11) is 0. The molecule has 0 bridgehead atoms. The first-order valence-electron chi connectivity index (χ1n) is 12.5. The van der Waals surface area contributed by atoms with Crippen LogP contribution in [0.3, 0.4) is 0 Å². The molecule has 3 aromatic rings. The maximum absolute atomic E-state index is 15.0. The van der Waals surface area contributed by atoms with Crippen molar-refractivity contribution in [2.75, 3.05) is 13.3 Å². The molecule has 3 rings (SSSR count). The molecule has 7 nitrogen and oxygen atoms in total. The summed E-state index contributed by atoms with van der Waals surface area (Å²) in [4.78, 5) is 8.80. The third kappa shape index (κ3) is 7.53. The van der Waals surface area contributed by atoms with E-state index in [-0.39, 0.29) is 19.5 Å². The average molecular weight is 520 g/mol. The first kappa shape index (κ1) is 28.6. The van der Waals surface area contributed by atoms with Gasteiger partial charge in [0.15, 0.2) is 0 Å². The number of nitrogens with one attached hydrogen (secondary N) is 1. The van der Waals surface area contributed by atoms with E-state index in [0.717, 1.165) is 22.0 Å². The summed E-state index contributed by atoms with van der Waals surface area (Å²) in [5, 5.41) is 13.3. The van der Waals surface area contributed by atoms with Gasteiger partial charge in [-0.2, -0.15) is 5.26 Å². The van der Waals surface area contributed by atoms with Crippen LogP contribution in [0.1, 0.15) is 52.7 Å². The minimum atomic E-state index is -0.662. The molecule has 38 heavy (non-hydrogen) atoms. The van der Waals surface area contributed by atoms with Crippen molar-refractivity contribution in [3.63, 3.8) is 0 Å². The summed E-state index contributed by atoms with van der Waals surface area (Å²) in [5.41, 5.74) is 8.33. The highest BCUT2D eigenvalue weighted by molar-refractivity contribution is 5.86. The van der Waals surface area contributed by atoms with Crippen LogP contribution in [-0.4, -0.2) is 30.1 Å². The lowest BCUT2D eigenvalue weighted by atomic mass is 9.85. The van der Waals surface area contributed by atoms with Crippen molar-refractivity contribution in [3.8, 4) is 17.6 Å². The van der Waals surface area contributed by atoms with Crippen molar-refractivity contribution in [1.29, 1.82) is 5.26 Å². The largest absolute Gasteiger partial charge is 0.456 e. The zero-order valence-electron chi connectivity index (χ0n) is 22.9. The highest BCUT2D eigenvalue weighted by atomic mass is 19.1. The number of rotatable bonds is 10. The second kappa shape index (κ2) is 12.1. The normalized spacial score (nSPS) is 12.6. The first-order chi connectivity index (χ1) is 17.9. The van der Waals surface area contributed by atoms with Crippen LogP contribution in [-0.2, 0) is 16.6 Å². The lowest BCUT2D eigenvalue weighted by Crippen LogP contribution is -2.21. The zero-order valence-corrected chi connectivity index (χ0v) is 22.9. The predicted octanol–water partition coefficient (Wildman–Crippen LogP) is 6.30. The zero-order chi connectivity index (χ0) is 27.9. The molecule has 2 aromatic carbocycles. The highest BCUT2D eigenvalue weighted by Crippen LogP contribution is 2.34. The molecule has 0 atom stereocenters. The molecule has 0 saturated carbocycles. The lowest BCUT2D eigenvalue weighted by molar-refractivity contribution is 0.126. The van der Waals surface area contributed by atoms with Gasteiger partial charge in [0, 0.05) is 31.5 Å². The van der Waals surface area contributed by atoms with Crippen LogP contribution in [0, 0.1) is 24.1 Å². The van der Waals surface area contributed by atoms with Gasteiger partial charge in [-0.25, -0.2) is 4.39 Å². The van der Waals surface area contributed by atoms with E-state index >= 15 is 0 Å². The van der Waals surface area contributed by atoms with Gasteiger partial charge in [0.1, 0.15) is 24.0 Å².